The van der Waals surface area contributed by atoms with Gasteiger partial charge in [-0.25, -0.2) is 8.42 Å². The van der Waals surface area contributed by atoms with Crippen molar-refractivity contribution in [2.75, 3.05) is 24.4 Å². The molecule has 0 bridgehead atoms. The van der Waals surface area contributed by atoms with Crippen LogP contribution in [0.4, 0.5) is 5.69 Å². The second-order valence-corrected chi connectivity index (χ2v) is 8.74. The Morgan fingerprint density at radius 1 is 1.08 bits per heavy atom. The summed E-state index contributed by atoms with van der Waals surface area (Å²) in [5, 5.41) is 0. The lowest BCUT2D eigenvalue weighted by Gasteiger charge is -2.39. The van der Waals surface area contributed by atoms with Crippen LogP contribution in [0.2, 0.25) is 0 Å². The van der Waals surface area contributed by atoms with Gasteiger partial charge in [-0.05, 0) is 54.9 Å². The van der Waals surface area contributed by atoms with Gasteiger partial charge in [0, 0.05) is 29.2 Å². The molecule has 24 heavy (non-hydrogen) atoms. The number of nitrogens with one attached hydrogen (secondary N) is 1. The van der Waals surface area contributed by atoms with Crippen LogP contribution in [0.15, 0.2) is 57.9 Å². The van der Waals surface area contributed by atoms with Crippen molar-refractivity contribution in [3.05, 3.63) is 58.6 Å². The minimum absolute atomic E-state index is 0.254. The number of anilines is 1. The molecule has 1 heterocycles. The van der Waals surface area contributed by atoms with Crippen LogP contribution in [0, 0.1) is 0 Å². The minimum Gasteiger partial charge on any atom is -0.302 e. The molecular weight excluding hydrogens is 388 g/mol. The summed E-state index contributed by atoms with van der Waals surface area (Å²) in [7, 11) is -3.55. The normalized spacial score (nSPS) is 15.9. The summed E-state index contributed by atoms with van der Waals surface area (Å²) in [6, 6.07) is 14.3. The average Bonchev–Trinajstić information content (AvgIpc) is 2.52. The molecule has 0 saturated carbocycles. The van der Waals surface area contributed by atoms with Crippen molar-refractivity contribution in [2.45, 2.75) is 24.2 Å². The topological polar surface area (TPSA) is 49.4 Å². The first kappa shape index (κ1) is 17.5. The molecule has 1 fully saturated rings. The van der Waals surface area contributed by atoms with Crippen LogP contribution in [0.25, 0.3) is 0 Å². The number of likely N-dealkylation sites (tertiary alicyclic amines) is 1. The van der Waals surface area contributed by atoms with E-state index in [2.05, 4.69) is 32.5 Å². The van der Waals surface area contributed by atoms with Crippen LogP contribution in [0.1, 0.15) is 24.8 Å². The zero-order valence-electron chi connectivity index (χ0n) is 13.6. The highest BCUT2D eigenvalue weighted by molar-refractivity contribution is 9.10. The second kappa shape index (κ2) is 7.25. The molecule has 0 atom stereocenters. The summed E-state index contributed by atoms with van der Waals surface area (Å²) in [5.41, 5.74) is 1.86. The third-order valence-corrected chi connectivity index (χ3v) is 6.18. The van der Waals surface area contributed by atoms with Gasteiger partial charge in [-0.1, -0.05) is 35.0 Å². The van der Waals surface area contributed by atoms with E-state index < -0.39 is 10.0 Å². The monoisotopic (exact) mass is 408 g/mol. The third kappa shape index (κ3) is 3.99. The Morgan fingerprint density at radius 2 is 1.71 bits per heavy atom. The quantitative estimate of drug-likeness (QED) is 0.783. The van der Waals surface area contributed by atoms with Gasteiger partial charge in [-0.2, -0.15) is 0 Å². The number of sulfonamides is 1. The maximum absolute atomic E-state index is 12.4. The molecule has 0 unspecified atom stereocenters. The fourth-order valence-electron chi connectivity index (χ4n) is 2.93. The summed E-state index contributed by atoms with van der Waals surface area (Å²) in [6.07, 6.45) is 1.18. The van der Waals surface area contributed by atoms with Gasteiger partial charge < -0.3 is 4.90 Å². The summed E-state index contributed by atoms with van der Waals surface area (Å²) < 4.78 is 28.2. The molecule has 0 spiro atoms. The molecule has 1 N–H and O–H groups in total. The van der Waals surface area contributed by atoms with E-state index >= 15 is 0 Å². The Kier molecular flexibility index (Phi) is 5.27. The second-order valence-electron chi connectivity index (χ2n) is 6.14. The van der Waals surface area contributed by atoms with E-state index in [-0.39, 0.29) is 4.90 Å². The smallest absolute Gasteiger partial charge is 0.261 e. The van der Waals surface area contributed by atoms with Gasteiger partial charge in [0.05, 0.1) is 4.90 Å². The predicted molar refractivity (Wildman–Crippen MR) is 101 cm³/mol. The SMILES string of the molecule is CCCN1CC(c2ccc(NS(=O)(=O)c3ccc(Br)cc3)cc2)C1. The van der Waals surface area contributed by atoms with Crippen molar-refractivity contribution in [3.63, 3.8) is 0 Å². The molecule has 0 aliphatic carbocycles. The van der Waals surface area contributed by atoms with Crippen LogP contribution in [0.5, 0.6) is 0 Å². The van der Waals surface area contributed by atoms with E-state index in [9.17, 15) is 8.42 Å². The molecular formula is C18H21BrN2O2S. The molecule has 3 rings (SSSR count). The van der Waals surface area contributed by atoms with E-state index in [1.807, 2.05) is 24.3 Å². The van der Waals surface area contributed by atoms with E-state index in [1.54, 1.807) is 24.3 Å². The Morgan fingerprint density at radius 3 is 2.29 bits per heavy atom. The highest BCUT2D eigenvalue weighted by Crippen LogP contribution is 2.28. The van der Waals surface area contributed by atoms with Gasteiger partial charge in [0.1, 0.15) is 0 Å². The summed E-state index contributed by atoms with van der Waals surface area (Å²) in [6.45, 7) is 5.54. The number of halogens is 1. The highest BCUT2D eigenvalue weighted by Gasteiger charge is 2.27. The lowest BCUT2D eigenvalue weighted by molar-refractivity contribution is 0.149. The fourth-order valence-corrected chi connectivity index (χ4v) is 4.25. The molecule has 0 radical (unpaired) electrons. The van der Waals surface area contributed by atoms with Crippen LogP contribution >= 0.6 is 15.9 Å². The van der Waals surface area contributed by atoms with Gasteiger partial charge in [-0.3, -0.25) is 4.72 Å². The summed E-state index contributed by atoms with van der Waals surface area (Å²) >= 11 is 3.31. The standard InChI is InChI=1S/C18H21BrN2O2S/c1-2-11-21-12-15(13-21)14-3-7-17(8-4-14)20-24(22,23)18-9-5-16(19)6-10-18/h3-10,15,20H,2,11-13H2,1H3. The molecule has 2 aromatic carbocycles. The van der Waals surface area contributed by atoms with Gasteiger partial charge in [0.25, 0.3) is 10.0 Å². The Hall–Kier alpha value is -1.37. The largest absolute Gasteiger partial charge is 0.302 e. The molecule has 6 heteroatoms. The Bertz CT molecular complexity index is 783. The van der Waals surface area contributed by atoms with Crippen molar-refractivity contribution < 1.29 is 8.42 Å². The van der Waals surface area contributed by atoms with Crippen molar-refractivity contribution in [2.24, 2.45) is 0 Å². The zero-order valence-corrected chi connectivity index (χ0v) is 16.0. The number of rotatable bonds is 6. The number of hydrogen-bond donors (Lipinski definition) is 1. The molecule has 0 aromatic heterocycles. The van der Waals surface area contributed by atoms with Gasteiger partial charge in [0.2, 0.25) is 0 Å². The zero-order chi connectivity index (χ0) is 17.2. The maximum Gasteiger partial charge on any atom is 0.261 e. The van der Waals surface area contributed by atoms with E-state index in [1.165, 1.54) is 12.0 Å². The van der Waals surface area contributed by atoms with E-state index in [0.717, 1.165) is 24.1 Å². The molecule has 1 aliphatic heterocycles. The van der Waals surface area contributed by atoms with Gasteiger partial charge in [-0.15, -0.1) is 0 Å². The molecule has 4 nitrogen and oxygen atoms in total. The first-order valence-corrected chi connectivity index (χ1v) is 10.4. The van der Waals surface area contributed by atoms with Gasteiger partial charge >= 0.3 is 0 Å². The van der Waals surface area contributed by atoms with E-state index in [0.29, 0.717) is 11.6 Å². The number of hydrogen-bond acceptors (Lipinski definition) is 3. The molecule has 1 saturated heterocycles. The highest BCUT2D eigenvalue weighted by atomic mass is 79.9. The Labute approximate surface area is 152 Å². The minimum atomic E-state index is -3.55. The predicted octanol–water partition coefficient (Wildman–Crippen LogP) is 4.06. The number of nitrogens with zero attached hydrogens (tertiary/aromatic N) is 1. The van der Waals surface area contributed by atoms with E-state index in [4.69, 9.17) is 0 Å². The average molecular weight is 409 g/mol. The first-order chi connectivity index (χ1) is 11.5. The lowest BCUT2D eigenvalue weighted by atomic mass is 9.91. The van der Waals surface area contributed by atoms with Crippen LogP contribution in [-0.2, 0) is 10.0 Å². The van der Waals surface area contributed by atoms with Crippen molar-refractivity contribution in [1.82, 2.24) is 4.90 Å². The fraction of sp³-hybridized carbons (Fsp3) is 0.333. The molecule has 0 amide bonds. The third-order valence-electron chi connectivity index (χ3n) is 4.26. The van der Waals surface area contributed by atoms with Crippen LogP contribution in [-0.4, -0.2) is 33.0 Å². The van der Waals surface area contributed by atoms with Gasteiger partial charge in [0.15, 0.2) is 0 Å². The molecule has 2 aromatic rings. The summed E-state index contributed by atoms with van der Waals surface area (Å²) in [5.74, 6) is 0.564. The van der Waals surface area contributed by atoms with Crippen LogP contribution < -0.4 is 4.72 Å². The maximum atomic E-state index is 12.4. The Balaban J connectivity index is 1.65. The first-order valence-electron chi connectivity index (χ1n) is 8.08. The lowest BCUT2D eigenvalue weighted by Crippen LogP contribution is -2.45. The van der Waals surface area contributed by atoms with Crippen molar-refractivity contribution in [1.29, 1.82) is 0 Å². The molecule has 128 valence electrons. The van der Waals surface area contributed by atoms with Crippen molar-refractivity contribution >= 4 is 31.6 Å². The molecule has 1 aliphatic rings. The number of benzene rings is 2. The summed E-state index contributed by atoms with van der Waals surface area (Å²) in [4.78, 5) is 2.69. The van der Waals surface area contributed by atoms with Crippen molar-refractivity contribution in [3.8, 4) is 0 Å². The van der Waals surface area contributed by atoms with Crippen LogP contribution in [0.3, 0.4) is 0 Å².